The molecule has 0 N–H and O–H groups in total. The van der Waals surface area contributed by atoms with Crippen LogP contribution >= 0.6 is 31.9 Å². The van der Waals surface area contributed by atoms with Gasteiger partial charge in [-0.2, -0.15) is 0 Å². The Morgan fingerprint density at radius 3 is 1.35 bits per heavy atom. The summed E-state index contributed by atoms with van der Waals surface area (Å²) in [6, 6.07) is 15.3. The van der Waals surface area contributed by atoms with Crippen molar-refractivity contribution in [3.05, 3.63) is 68.6 Å². The molecule has 3 fully saturated rings. The zero-order valence-electron chi connectivity index (χ0n) is 17.6. The van der Waals surface area contributed by atoms with E-state index in [2.05, 4.69) is 31.9 Å². The van der Waals surface area contributed by atoms with Crippen LogP contribution in [0.4, 0.5) is 0 Å². The molecule has 5 nitrogen and oxygen atoms in total. The summed E-state index contributed by atoms with van der Waals surface area (Å²) in [4.78, 5) is 26.5. The van der Waals surface area contributed by atoms with Crippen molar-refractivity contribution in [1.29, 1.82) is 0 Å². The molecule has 0 radical (unpaired) electrons. The van der Waals surface area contributed by atoms with E-state index in [9.17, 15) is 9.59 Å². The van der Waals surface area contributed by atoms with Crippen LogP contribution in [0.5, 0.6) is 0 Å². The SMILES string of the molecule is COC(=O)[C@]1(c2ccc(Br)cc2)[C@H]2[C@@H]3[C@](C(=O)OC)(c4ccc(Br)cc4)[C@]3(C)O[C@]21C. The molecule has 6 atom stereocenters. The Bertz CT molecular complexity index is 1010. The standard InChI is InChI=1S/C24H22Br2O5/c1-21-17(23(21,19(27)29-3)13-5-9-15(25)10-6-13)18-22(2,31-21)24(18,20(28)30-4)14-7-11-16(26)12-8-14/h5-12,17-18H,1-4H3/t17-,18-,21+,22+,23-,24-/m0/s1. The Morgan fingerprint density at radius 1 is 0.742 bits per heavy atom. The zero-order valence-corrected chi connectivity index (χ0v) is 20.7. The quantitative estimate of drug-likeness (QED) is 0.524. The number of methoxy groups -OCH3 is 2. The van der Waals surface area contributed by atoms with Crippen molar-refractivity contribution in [3.63, 3.8) is 0 Å². The van der Waals surface area contributed by atoms with E-state index in [1.54, 1.807) is 0 Å². The number of ether oxygens (including phenoxy) is 3. The van der Waals surface area contributed by atoms with Gasteiger partial charge in [-0.05, 0) is 49.2 Å². The summed E-state index contributed by atoms with van der Waals surface area (Å²) < 4.78 is 19.1. The third-order valence-electron chi connectivity index (χ3n) is 7.89. The molecule has 2 aliphatic carbocycles. The van der Waals surface area contributed by atoms with Crippen LogP contribution in [0.15, 0.2) is 57.5 Å². The van der Waals surface area contributed by atoms with Crippen molar-refractivity contribution in [2.45, 2.75) is 35.9 Å². The summed E-state index contributed by atoms with van der Waals surface area (Å²) >= 11 is 6.92. The van der Waals surface area contributed by atoms with E-state index < -0.39 is 22.0 Å². The maximum atomic E-state index is 13.3. The lowest BCUT2D eigenvalue weighted by Gasteiger charge is -2.28. The summed E-state index contributed by atoms with van der Waals surface area (Å²) in [5.41, 5.74) is -1.81. The lowest BCUT2D eigenvalue weighted by molar-refractivity contribution is -0.151. The molecule has 2 aromatic carbocycles. The number of benzene rings is 2. The number of carbonyl (C=O) groups is 2. The van der Waals surface area contributed by atoms with Crippen molar-refractivity contribution >= 4 is 43.8 Å². The molecule has 0 spiro atoms. The minimum absolute atomic E-state index is 0.221. The van der Waals surface area contributed by atoms with Gasteiger partial charge in [0.05, 0.1) is 25.4 Å². The van der Waals surface area contributed by atoms with E-state index in [0.717, 1.165) is 20.1 Å². The van der Waals surface area contributed by atoms with E-state index in [-0.39, 0.29) is 23.8 Å². The van der Waals surface area contributed by atoms with Gasteiger partial charge in [-0.15, -0.1) is 0 Å². The first-order valence-corrected chi connectivity index (χ1v) is 11.6. The molecular formula is C24H22Br2O5. The molecule has 2 saturated carbocycles. The largest absolute Gasteiger partial charge is 0.468 e. The van der Waals surface area contributed by atoms with Crippen molar-refractivity contribution in [3.8, 4) is 0 Å². The first-order valence-electron chi connectivity index (χ1n) is 10.0. The van der Waals surface area contributed by atoms with Crippen LogP contribution in [-0.4, -0.2) is 37.4 Å². The van der Waals surface area contributed by atoms with Gasteiger partial charge in [-0.25, -0.2) is 0 Å². The number of rotatable bonds is 4. The monoisotopic (exact) mass is 548 g/mol. The maximum absolute atomic E-state index is 13.3. The van der Waals surface area contributed by atoms with E-state index in [0.29, 0.717) is 0 Å². The molecular weight excluding hydrogens is 528 g/mol. The van der Waals surface area contributed by atoms with Gasteiger partial charge in [0.15, 0.2) is 0 Å². The molecule has 1 aliphatic heterocycles. The first kappa shape index (κ1) is 21.2. The van der Waals surface area contributed by atoms with Gasteiger partial charge in [0.2, 0.25) is 0 Å². The lowest BCUT2D eigenvalue weighted by Crippen LogP contribution is -2.40. The minimum atomic E-state index is -0.974. The summed E-state index contributed by atoms with van der Waals surface area (Å²) in [7, 11) is 2.80. The van der Waals surface area contributed by atoms with Gasteiger partial charge < -0.3 is 14.2 Å². The summed E-state index contributed by atoms with van der Waals surface area (Å²) in [5, 5.41) is 0. The predicted octanol–water partition coefficient (Wildman–Crippen LogP) is 4.54. The molecule has 7 heteroatoms. The second-order valence-corrected chi connectivity index (χ2v) is 10.7. The fourth-order valence-corrected chi connectivity index (χ4v) is 7.22. The van der Waals surface area contributed by atoms with E-state index in [1.165, 1.54) is 14.2 Å². The van der Waals surface area contributed by atoms with Crippen LogP contribution in [0, 0.1) is 11.8 Å². The lowest BCUT2D eigenvalue weighted by atomic mass is 9.86. The Labute approximate surface area is 197 Å². The maximum Gasteiger partial charge on any atom is 0.319 e. The van der Waals surface area contributed by atoms with Gasteiger partial charge in [-0.1, -0.05) is 56.1 Å². The van der Waals surface area contributed by atoms with Crippen molar-refractivity contribution < 1.29 is 23.8 Å². The topological polar surface area (TPSA) is 61.8 Å². The third kappa shape index (κ3) is 2.20. The van der Waals surface area contributed by atoms with Crippen LogP contribution in [0.2, 0.25) is 0 Å². The second-order valence-electron chi connectivity index (χ2n) is 8.88. The molecule has 5 rings (SSSR count). The molecule has 0 unspecified atom stereocenters. The average Bonchev–Trinajstić information content (AvgIpc) is 3.46. The fourth-order valence-electron chi connectivity index (χ4n) is 6.69. The molecule has 1 heterocycles. The van der Waals surface area contributed by atoms with Crippen molar-refractivity contribution in [1.82, 2.24) is 0 Å². The Morgan fingerprint density at radius 2 is 1.06 bits per heavy atom. The Kier molecular flexibility index (Phi) is 4.39. The van der Waals surface area contributed by atoms with Gasteiger partial charge in [-0.3, -0.25) is 9.59 Å². The minimum Gasteiger partial charge on any atom is -0.468 e. The van der Waals surface area contributed by atoms with E-state index in [4.69, 9.17) is 14.2 Å². The number of esters is 2. The number of hydrogen-bond donors (Lipinski definition) is 0. The van der Waals surface area contributed by atoms with Gasteiger partial charge >= 0.3 is 11.9 Å². The van der Waals surface area contributed by atoms with Crippen LogP contribution in [-0.2, 0) is 34.6 Å². The van der Waals surface area contributed by atoms with Crippen molar-refractivity contribution in [2.24, 2.45) is 11.8 Å². The van der Waals surface area contributed by atoms with Crippen molar-refractivity contribution in [2.75, 3.05) is 14.2 Å². The highest BCUT2D eigenvalue weighted by Crippen LogP contribution is 2.88. The zero-order chi connectivity index (χ0) is 22.4. The molecule has 2 aromatic rings. The van der Waals surface area contributed by atoms with E-state index in [1.807, 2.05) is 62.4 Å². The summed E-state index contributed by atoms with van der Waals surface area (Å²) in [6.07, 6.45) is 0. The molecule has 3 aliphatic rings. The molecule has 0 aromatic heterocycles. The normalized spacial score (nSPS) is 39.3. The number of carbonyl (C=O) groups excluding carboxylic acids is 2. The molecule has 1 saturated heterocycles. The first-order chi connectivity index (χ1) is 14.7. The van der Waals surface area contributed by atoms with Crippen LogP contribution in [0.1, 0.15) is 25.0 Å². The second kappa shape index (κ2) is 6.42. The van der Waals surface area contributed by atoms with E-state index >= 15 is 0 Å². The average molecular weight is 550 g/mol. The third-order valence-corrected chi connectivity index (χ3v) is 8.95. The van der Waals surface area contributed by atoms with Gasteiger partial charge in [0, 0.05) is 20.8 Å². The highest BCUT2D eigenvalue weighted by atomic mass is 79.9. The number of halogens is 2. The number of fused-ring (bicyclic) bond motifs is 3. The molecule has 162 valence electrons. The van der Waals surface area contributed by atoms with Crippen LogP contribution < -0.4 is 0 Å². The van der Waals surface area contributed by atoms with Gasteiger partial charge in [0.1, 0.15) is 10.8 Å². The highest BCUT2D eigenvalue weighted by molar-refractivity contribution is 9.10. The smallest absolute Gasteiger partial charge is 0.319 e. The van der Waals surface area contributed by atoms with Crippen LogP contribution in [0.3, 0.4) is 0 Å². The summed E-state index contributed by atoms with van der Waals surface area (Å²) in [6.45, 7) is 3.91. The summed E-state index contributed by atoms with van der Waals surface area (Å²) in [5.74, 6) is -1.13. The highest BCUT2D eigenvalue weighted by Gasteiger charge is 3.01. The number of hydrogen-bond acceptors (Lipinski definition) is 5. The molecule has 31 heavy (non-hydrogen) atoms. The van der Waals surface area contributed by atoms with Crippen LogP contribution in [0.25, 0.3) is 0 Å². The Balaban J connectivity index is 1.67. The Hall–Kier alpha value is -1.70. The molecule has 0 amide bonds. The fraction of sp³-hybridized carbons (Fsp3) is 0.417. The van der Waals surface area contributed by atoms with Gasteiger partial charge in [0.25, 0.3) is 0 Å². The molecule has 0 bridgehead atoms. The predicted molar refractivity (Wildman–Crippen MR) is 121 cm³/mol.